The summed E-state index contributed by atoms with van der Waals surface area (Å²) in [7, 11) is 0. The smallest absolute Gasteiger partial charge is 0.154 e. The van der Waals surface area contributed by atoms with Crippen molar-refractivity contribution in [3.8, 4) is 0 Å². The van der Waals surface area contributed by atoms with Crippen LogP contribution in [0, 0.1) is 10.9 Å². The zero-order valence-electron chi connectivity index (χ0n) is 8.32. The molecule has 0 aromatic heterocycles. The highest BCUT2D eigenvalue weighted by Crippen LogP contribution is 2.30. The van der Waals surface area contributed by atoms with Crippen LogP contribution in [-0.2, 0) is 0 Å². The SMILES string of the molecule is N=CN=C(N)C(N=N)C1=C(Cl)C(Cl)CC=C1. The Balaban J connectivity index is 3.10. The van der Waals surface area contributed by atoms with Crippen LogP contribution in [0.5, 0.6) is 0 Å². The summed E-state index contributed by atoms with van der Waals surface area (Å²) in [6.07, 6.45) is 5.01. The van der Waals surface area contributed by atoms with E-state index in [9.17, 15) is 0 Å². The number of halogens is 2. The van der Waals surface area contributed by atoms with Gasteiger partial charge in [-0.3, -0.25) is 5.41 Å². The van der Waals surface area contributed by atoms with Gasteiger partial charge >= 0.3 is 0 Å². The van der Waals surface area contributed by atoms with Gasteiger partial charge in [-0.05, 0) is 6.42 Å². The van der Waals surface area contributed by atoms with Gasteiger partial charge in [-0.15, -0.1) is 11.6 Å². The molecular formula is C9H11Cl2N5. The van der Waals surface area contributed by atoms with Crippen molar-refractivity contribution in [3.05, 3.63) is 22.8 Å². The van der Waals surface area contributed by atoms with E-state index in [2.05, 4.69) is 10.1 Å². The molecule has 86 valence electrons. The van der Waals surface area contributed by atoms with Gasteiger partial charge < -0.3 is 5.73 Å². The van der Waals surface area contributed by atoms with Crippen LogP contribution < -0.4 is 5.73 Å². The molecular weight excluding hydrogens is 249 g/mol. The predicted octanol–water partition coefficient (Wildman–Crippen LogP) is 2.41. The fraction of sp³-hybridized carbons (Fsp3) is 0.333. The Morgan fingerprint density at radius 2 is 2.38 bits per heavy atom. The van der Waals surface area contributed by atoms with E-state index in [4.69, 9.17) is 39.9 Å². The van der Waals surface area contributed by atoms with E-state index in [-0.39, 0.29) is 11.2 Å². The molecule has 2 atom stereocenters. The first-order valence-electron chi connectivity index (χ1n) is 4.50. The highest BCUT2D eigenvalue weighted by atomic mass is 35.5. The lowest BCUT2D eigenvalue weighted by Crippen LogP contribution is -2.30. The van der Waals surface area contributed by atoms with Crippen LogP contribution in [0.25, 0.3) is 0 Å². The summed E-state index contributed by atoms with van der Waals surface area (Å²) in [4.78, 5) is 3.58. The number of amidine groups is 1. The molecule has 0 heterocycles. The van der Waals surface area contributed by atoms with Gasteiger partial charge in [0.05, 0.1) is 5.38 Å². The van der Waals surface area contributed by atoms with E-state index in [1.54, 1.807) is 6.08 Å². The maximum absolute atomic E-state index is 7.08. The number of nitrogens with two attached hydrogens (primary N) is 1. The van der Waals surface area contributed by atoms with Gasteiger partial charge in [0.25, 0.3) is 0 Å². The minimum atomic E-state index is -0.771. The minimum absolute atomic E-state index is 0.0496. The third-order valence-electron chi connectivity index (χ3n) is 2.11. The van der Waals surface area contributed by atoms with Gasteiger partial charge in [0.2, 0.25) is 0 Å². The lowest BCUT2D eigenvalue weighted by Gasteiger charge is -2.19. The number of aliphatic imine (C=N–C) groups is 1. The fourth-order valence-electron chi connectivity index (χ4n) is 1.34. The quantitative estimate of drug-likeness (QED) is 0.307. The lowest BCUT2D eigenvalue weighted by atomic mass is 9.99. The number of hydrogen-bond donors (Lipinski definition) is 3. The maximum Gasteiger partial charge on any atom is 0.154 e. The first kappa shape index (κ1) is 12.9. The Morgan fingerprint density at radius 1 is 1.69 bits per heavy atom. The molecule has 0 amide bonds. The van der Waals surface area contributed by atoms with E-state index >= 15 is 0 Å². The minimum Gasteiger partial charge on any atom is -0.385 e. The Kier molecular flexibility index (Phi) is 4.64. The van der Waals surface area contributed by atoms with E-state index in [1.165, 1.54) is 0 Å². The Labute approximate surface area is 103 Å². The third-order valence-corrected chi connectivity index (χ3v) is 3.10. The highest BCUT2D eigenvalue weighted by molar-refractivity contribution is 6.38. The van der Waals surface area contributed by atoms with E-state index in [1.807, 2.05) is 6.08 Å². The Bertz CT molecular complexity index is 385. The molecule has 0 aromatic carbocycles. The second-order valence-electron chi connectivity index (χ2n) is 3.12. The average molecular weight is 260 g/mol. The van der Waals surface area contributed by atoms with Crippen LogP contribution in [0.3, 0.4) is 0 Å². The summed E-state index contributed by atoms with van der Waals surface area (Å²) in [5, 5.41) is 10.3. The zero-order chi connectivity index (χ0) is 12.1. The summed E-state index contributed by atoms with van der Waals surface area (Å²) in [5.74, 6) is 0.0496. The summed E-state index contributed by atoms with van der Waals surface area (Å²) >= 11 is 12.0. The molecule has 0 fully saturated rings. The standard InChI is InChI=1S/C9H11Cl2N5/c10-6-3-1-2-5(7(6)11)8(16-14)9(13)15-4-12/h1-2,4,6,8,14H,3H2,(H3,12,13,15). The van der Waals surface area contributed by atoms with Crippen molar-refractivity contribution in [2.75, 3.05) is 0 Å². The largest absolute Gasteiger partial charge is 0.385 e. The van der Waals surface area contributed by atoms with Crippen LogP contribution in [0.4, 0.5) is 0 Å². The molecule has 5 nitrogen and oxygen atoms in total. The van der Waals surface area contributed by atoms with Crippen LogP contribution >= 0.6 is 23.2 Å². The summed E-state index contributed by atoms with van der Waals surface area (Å²) in [6.45, 7) is 0. The molecule has 1 aliphatic carbocycles. The monoisotopic (exact) mass is 259 g/mol. The number of hydrogen-bond acceptors (Lipinski definition) is 3. The molecule has 2 unspecified atom stereocenters. The van der Waals surface area contributed by atoms with E-state index in [0.29, 0.717) is 17.0 Å². The molecule has 0 bridgehead atoms. The molecule has 1 rings (SSSR count). The van der Waals surface area contributed by atoms with Crippen molar-refractivity contribution in [1.29, 1.82) is 10.9 Å². The number of rotatable bonds is 4. The van der Waals surface area contributed by atoms with Crippen molar-refractivity contribution in [2.45, 2.75) is 17.8 Å². The van der Waals surface area contributed by atoms with Gasteiger partial charge in [-0.1, -0.05) is 23.8 Å². The first-order chi connectivity index (χ1) is 7.61. The van der Waals surface area contributed by atoms with Gasteiger partial charge in [-0.25, -0.2) is 10.5 Å². The highest BCUT2D eigenvalue weighted by Gasteiger charge is 2.24. The number of nitrogens with one attached hydrogen (secondary N) is 2. The second-order valence-corrected chi connectivity index (χ2v) is 4.06. The van der Waals surface area contributed by atoms with Crippen molar-refractivity contribution in [2.24, 2.45) is 15.8 Å². The van der Waals surface area contributed by atoms with Crippen molar-refractivity contribution >= 4 is 35.4 Å². The van der Waals surface area contributed by atoms with Crippen LogP contribution in [0.15, 0.2) is 32.9 Å². The molecule has 0 saturated carbocycles. The average Bonchev–Trinajstić information content (AvgIpc) is 2.25. The molecule has 0 saturated heterocycles. The molecule has 7 heteroatoms. The number of nitrogens with zero attached hydrogens (tertiary/aromatic N) is 2. The second kappa shape index (κ2) is 5.77. The first-order valence-corrected chi connectivity index (χ1v) is 5.32. The third kappa shape index (κ3) is 2.68. The summed E-state index contributed by atoms with van der Waals surface area (Å²) < 4.78 is 0. The molecule has 4 N–H and O–H groups in total. The van der Waals surface area contributed by atoms with Crippen molar-refractivity contribution in [1.82, 2.24) is 0 Å². The van der Waals surface area contributed by atoms with Crippen LogP contribution in [0.2, 0.25) is 0 Å². The van der Waals surface area contributed by atoms with E-state index < -0.39 is 6.04 Å². The lowest BCUT2D eigenvalue weighted by molar-refractivity contribution is 0.854. The Hall–Kier alpha value is -1.20. The number of alkyl halides is 1. The topological polar surface area (TPSA) is 98.4 Å². The molecule has 0 radical (unpaired) electrons. The number of allylic oxidation sites excluding steroid dienone is 2. The maximum atomic E-state index is 7.08. The molecule has 1 aliphatic rings. The molecule has 0 spiro atoms. The fourth-order valence-corrected chi connectivity index (χ4v) is 1.82. The van der Waals surface area contributed by atoms with Crippen LogP contribution in [-0.4, -0.2) is 23.6 Å². The zero-order valence-corrected chi connectivity index (χ0v) is 9.83. The summed E-state index contributed by atoms with van der Waals surface area (Å²) in [6, 6.07) is -0.771. The molecule has 0 aliphatic heterocycles. The van der Waals surface area contributed by atoms with Gasteiger partial charge in [0, 0.05) is 10.6 Å². The predicted molar refractivity (Wildman–Crippen MR) is 65.6 cm³/mol. The normalized spacial score (nSPS) is 23.1. The molecule has 16 heavy (non-hydrogen) atoms. The van der Waals surface area contributed by atoms with E-state index in [0.717, 1.165) is 6.34 Å². The van der Waals surface area contributed by atoms with Gasteiger partial charge in [0.15, 0.2) is 6.04 Å². The summed E-state index contributed by atoms with van der Waals surface area (Å²) in [5.41, 5.74) is 13.2. The van der Waals surface area contributed by atoms with Crippen molar-refractivity contribution in [3.63, 3.8) is 0 Å². The Morgan fingerprint density at radius 3 is 2.94 bits per heavy atom. The van der Waals surface area contributed by atoms with Crippen LogP contribution in [0.1, 0.15) is 6.42 Å². The van der Waals surface area contributed by atoms with Crippen molar-refractivity contribution < 1.29 is 0 Å². The molecule has 0 aromatic rings. The van der Waals surface area contributed by atoms with Gasteiger partial charge in [0.1, 0.15) is 12.2 Å². The van der Waals surface area contributed by atoms with Gasteiger partial charge in [-0.2, -0.15) is 5.11 Å².